The van der Waals surface area contributed by atoms with E-state index < -0.39 is 23.6 Å². The van der Waals surface area contributed by atoms with Crippen molar-refractivity contribution in [1.82, 2.24) is 10.6 Å². The highest BCUT2D eigenvalue weighted by Gasteiger charge is 2.15. The Balaban J connectivity index is 1.54. The van der Waals surface area contributed by atoms with Crippen LogP contribution in [0.2, 0.25) is 0 Å². The van der Waals surface area contributed by atoms with Crippen molar-refractivity contribution in [2.24, 2.45) is 0 Å². The first-order chi connectivity index (χ1) is 13.4. The number of amides is 2. The van der Waals surface area contributed by atoms with Crippen LogP contribution in [0.1, 0.15) is 24.1 Å². The summed E-state index contributed by atoms with van der Waals surface area (Å²) >= 11 is 0. The van der Waals surface area contributed by atoms with E-state index in [1.54, 1.807) is 6.92 Å². The SMILES string of the molecule is C[C@H](NC(=O)CNC(=O)Cc1cccc2ccccc12)c1ccc(F)cc1F. The minimum atomic E-state index is -0.729. The van der Waals surface area contributed by atoms with Crippen molar-refractivity contribution in [2.75, 3.05) is 6.54 Å². The molecule has 0 bridgehead atoms. The van der Waals surface area contributed by atoms with E-state index in [9.17, 15) is 18.4 Å². The molecule has 2 amide bonds. The van der Waals surface area contributed by atoms with Gasteiger partial charge >= 0.3 is 0 Å². The average Bonchev–Trinajstić information content (AvgIpc) is 2.66. The van der Waals surface area contributed by atoms with Crippen LogP contribution in [-0.2, 0) is 16.0 Å². The summed E-state index contributed by atoms with van der Waals surface area (Å²) < 4.78 is 26.8. The van der Waals surface area contributed by atoms with E-state index in [-0.39, 0.29) is 24.4 Å². The number of rotatable bonds is 6. The molecule has 0 spiro atoms. The molecule has 0 aliphatic heterocycles. The van der Waals surface area contributed by atoms with Gasteiger partial charge in [0, 0.05) is 11.6 Å². The van der Waals surface area contributed by atoms with E-state index in [0.29, 0.717) is 0 Å². The standard InChI is InChI=1S/C22H20F2N2O2/c1-14(18-10-9-17(23)12-20(18)24)26-22(28)13-25-21(27)11-16-7-4-6-15-5-2-3-8-19(15)16/h2-10,12,14H,11,13H2,1H3,(H,25,27)(H,26,28)/t14-/m0/s1. The van der Waals surface area contributed by atoms with Gasteiger partial charge < -0.3 is 10.6 Å². The van der Waals surface area contributed by atoms with Gasteiger partial charge in [-0.3, -0.25) is 9.59 Å². The topological polar surface area (TPSA) is 58.2 Å². The number of carbonyl (C=O) groups is 2. The zero-order chi connectivity index (χ0) is 20.1. The van der Waals surface area contributed by atoms with Crippen LogP contribution in [0.15, 0.2) is 60.7 Å². The lowest BCUT2D eigenvalue weighted by Gasteiger charge is -2.15. The summed E-state index contributed by atoms with van der Waals surface area (Å²) in [5.41, 5.74) is 1.05. The quantitative estimate of drug-likeness (QED) is 0.684. The number of nitrogens with one attached hydrogen (secondary N) is 2. The van der Waals surface area contributed by atoms with E-state index in [1.807, 2.05) is 42.5 Å². The van der Waals surface area contributed by atoms with Gasteiger partial charge in [0.2, 0.25) is 11.8 Å². The lowest BCUT2D eigenvalue weighted by atomic mass is 10.0. The molecule has 0 radical (unpaired) electrons. The molecule has 6 heteroatoms. The highest BCUT2D eigenvalue weighted by atomic mass is 19.1. The van der Waals surface area contributed by atoms with Crippen molar-refractivity contribution in [3.63, 3.8) is 0 Å². The Labute approximate surface area is 161 Å². The minimum absolute atomic E-state index is 0.150. The second-order valence-corrected chi connectivity index (χ2v) is 6.55. The molecule has 3 aromatic carbocycles. The molecule has 0 saturated heterocycles. The van der Waals surface area contributed by atoms with Gasteiger partial charge in [-0.15, -0.1) is 0 Å². The third-order valence-corrected chi connectivity index (χ3v) is 4.48. The second kappa shape index (κ2) is 8.61. The van der Waals surface area contributed by atoms with Gasteiger partial charge in [0.1, 0.15) is 11.6 Å². The molecule has 144 valence electrons. The number of fused-ring (bicyclic) bond motifs is 1. The fourth-order valence-electron chi connectivity index (χ4n) is 3.08. The van der Waals surface area contributed by atoms with Crippen LogP contribution < -0.4 is 10.6 Å². The van der Waals surface area contributed by atoms with Crippen molar-refractivity contribution in [2.45, 2.75) is 19.4 Å². The summed E-state index contributed by atoms with van der Waals surface area (Å²) in [7, 11) is 0. The van der Waals surface area contributed by atoms with E-state index in [0.717, 1.165) is 28.5 Å². The van der Waals surface area contributed by atoms with Gasteiger partial charge in [-0.2, -0.15) is 0 Å². The van der Waals surface area contributed by atoms with Crippen LogP contribution in [0.5, 0.6) is 0 Å². The van der Waals surface area contributed by atoms with Gasteiger partial charge in [-0.05, 0) is 29.3 Å². The van der Waals surface area contributed by atoms with Crippen LogP contribution in [0.25, 0.3) is 10.8 Å². The molecule has 4 nitrogen and oxygen atoms in total. The maximum absolute atomic E-state index is 13.8. The summed E-state index contributed by atoms with van der Waals surface area (Å²) in [5, 5.41) is 7.19. The van der Waals surface area contributed by atoms with Crippen LogP contribution in [0.3, 0.4) is 0 Å². The normalized spacial score (nSPS) is 11.8. The van der Waals surface area contributed by atoms with Crippen LogP contribution in [0, 0.1) is 11.6 Å². The Hall–Kier alpha value is -3.28. The van der Waals surface area contributed by atoms with E-state index in [1.165, 1.54) is 6.07 Å². The van der Waals surface area contributed by atoms with Crippen molar-refractivity contribution in [1.29, 1.82) is 0 Å². The molecule has 3 rings (SSSR count). The minimum Gasteiger partial charge on any atom is -0.348 e. The van der Waals surface area contributed by atoms with Crippen LogP contribution in [-0.4, -0.2) is 18.4 Å². The van der Waals surface area contributed by atoms with Crippen molar-refractivity contribution >= 4 is 22.6 Å². The average molecular weight is 382 g/mol. The highest BCUT2D eigenvalue weighted by molar-refractivity contribution is 5.91. The summed E-state index contributed by atoms with van der Waals surface area (Å²) in [6.07, 6.45) is 0.150. The number of hydrogen-bond donors (Lipinski definition) is 2. The zero-order valence-electron chi connectivity index (χ0n) is 15.3. The third kappa shape index (κ3) is 4.71. The molecule has 3 aromatic rings. The maximum Gasteiger partial charge on any atom is 0.239 e. The molecule has 1 atom stereocenters. The number of carbonyl (C=O) groups excluding carboxylic acids is 2. The van der Waals surface area contributed by atoms with Gasteiger partial charge in [-0.25, -0.2) is 8.78 Å². The van der Waals surface area contributed by atoms with Gasteiger partial charge in [0.25, 0.3) is 0 Å². The van der Waals surface area contributed by atoms with Gasteiger partial charge in [-0.1, -0.05) is 48.5 Å². The molecular formula is C22H20F2N2O2. The number of halogens is 2. The molecule has 0 saturated carbocycles. The summed E-state index contributed by atoms with van der Waals surface area (Å²) in [6, 6.07) is 16.0. The first-order valence-corrected chi connectivity index (χ1v) is 8.91. The molecule has 0 aliphatic rings. The molecule has 0 aromatic heterocycles. The fourth-order valence-corrected chi connectivity index (χ4v) is 3.08. The van der Waals surface area contributed by atoms with Gasteiger partial charge in [0.05, 0.1) is 19.0 Å². The molecule has 2 N–H and O–H groups in total. The van der Waals surface area contributed by atoms with Crippen LogP contribution in [0.4, 0.5) is 8.78 Å². The smallest absolute Gasteiger partial charge is 0.239 e. The third-order valence-electron chi connectivity index (χ3n) is 4.48. The van der Waals surface area contributed by atoms with E-state index in [2.05, 4.69) is 10.6 Å². The maximum atomic E-state index is 13.8. The Morgan fingerprint density at radius 3 is 2.50 bits per heavy atom. The first-order valence-electron chi connectivity index (χ1n) is 8.91. The molecule has 0 heterocycles. The number of hydrogen-bond acceptors (Lipinski definition) is 2. The molecule has 0 unspecified atom stereocenters. The lowest BCUT2D eigenvalue weighted by molar-refractivity contribution is -0.126. The Morgan fingerprint density at radius 2 is 1.71 bits per heavy atom. The molecular weight excluding hydrogens is 362 g/mol. The summed E-state index contributed by atoms with van der Waals surface area (Å²) in [6.45, 7) is 1.36. The highest BCUT2D eigenvalue weighted by Crippen LogP contribution is 2.19. The van der Waals surface area contributed by atoms with Crippen LogP contribution >= 0.6 is 0 Å². The van der Waals surface area contributed by atoms with Crippen molar-refractivity contribution in [3.8, 4) is 0 Å². The first kappa shape index (κ1) is 19.5. The Kier molecular flexibility index (Phi) is 5.99. The molecule has 0 aliphatic carbocycles. The predicted molar refractivity (Wildman–Crippen MR) is 104 cm³/mol. The molecule has 28 heavy (non-hydrogen) atoms. The Bertz CT molecular complexity index is 1020. The predicted octanol–water partition coefficient (Wildman–Crippen LogP) is 3.65. The summed E-state index contributed by atoms with van der Waals surface area (Å²) in [5.74, 6) is -2.15. The van der Waals surface area contributed by atoms with Crippen molar-refractivity contribution < 1.29 is 18.4 Å². The fraction of sp³-hybridized carbons (Fsp3) is 0.182. The van der Waals surface area contributed by atoms with E-state index >= 15 is 0 Å². The largest absolute Gasteiger partial charge is 0.348 e. The molecule has 0 fully saturated rings. The zero-order valence-corrected chi connectivity index (χ0v) is 15.3. The second-order valence-electron chi connectivity index (χ2n) is 6.55. The van der Waals surface area contributed by atoms with Gasteiger partial charge in [0.15, 0.2) is 0 Å². The monoisotopic (exact) mass is 382 g/mol. The number of benzene rings is 3. The summed E-state index contributed by atoms with van der Waals surface area (Å²) in [4.78, 5) is 24.3. The Morgan fingerprint density at radius 1 is 0.964 bits per heavy atom. The lowest BCUT2D eigenvalue weighted by Crippen LogP contribution is -2.38. The van der Waals surface area contributed by atoms with Crippen molar-refractivity contribution in [3.05, 3.63) is 83.4 Å². The van der Waals surface area contributed by atoms with E-state index in [4.69, 9.17) is 0 Å².